The molecule has 2 heterocycles. The van der Waals surface area contributed by atoms with Crippen molar-refractivity contribution in [1.29, 1.82) is 0 Å². The summed E-state index contributed by atoms with van der Waals surface area (Å²) < 4.78 is 41.3. The minimum absolute atomic E-state index is 0.0134. The minimum atomic E-state index is -4.48. The highest BCUT2D eigenvalue weighted by Crippen LogP contribution is 2.49. The van der Waals surface area contributed by atoms with Gasteiger partial charge in [0.25, 0.3) is 5.91 Å². The molecule has 8 heteroatoms. The van der Waals surface area contributed by atoms with Crippen LogP contribution in [0.5, 0.6) is 0 Å². The maximum absolute atomic E-state index is 13.2. The number of imidazole rings is 1. The van der Waals surface area contributed by atoms with Gasteiger partial charge in [0.05, 0.1) is 16.9 Å². The van der Waals surface area contributed by atoms with E-state index in [1.54, 1.807) is 36.0 Å². The molecule has 1 amide bonds. The van der Waals surface area contributed by atoms with E-state index in [-0.39, 0.29) is 18.1 Å². The Bertz CT molecular complexity index is 1030. The summed E-state index contributed by atoms with van der Waals surface area (Å²) in [4.78, 5) is 20.0. The average Bonchev–Trinajstić information content (AvgIpc) is 3.03. The fourth-order valence-electron chi connectivity index (χ4n) is 2.99. The zero-order valence-corrected chi connectivity index (χ0v) is 15.0. The highest BCUT2D eigenvalue weighted by atomic mass is 32.2. The van der Waals surface area contributed by atoms with Crippen molar-refractivity contribution in [3.63, 3.8) is 0 Å². The van der Waals surface area contributed by atoms with E-state index in [0.29, 0.717) is 16.4 Å². The molecule has 2 aromatic carbocycles. The Morgan fingerprint density at radius 3 is 2.56 bits per heavy atom. The molecule has 0 aliphatic carbocycles. The van der Waals surface area contributed by atoms with Crippen LogP contribution in [-0.4, -0.2) is 15.5 Å². The van der Waals surface area contributed by atoms with E-state index < -0.39 is 11.7 Å². The number of aryl methyl sites for hydroxylation is 1. The van der Waals surface area contributed by atoms with Crippen LogP contribution in [0.2, 0.25) is 0 Å². The largest absolute Gasteiger partial charge is 0.416 e. The lowest BCUT2D eigenvalue weighted by Gasteiger charge is -2.31. The standard InChI is InChI=1S/C19H14F3N3OS/c1-12-23-8-9-24(12)11-18(26)25-14-4-2-3-5-16(14)27-17-7-6-13(10-15(17)25)19(20,21)22/h2-10H,11H2,1H3. The Labute approximate surface area is 157 Å². The van der Waals surface area contributed by atoms with Gasteiger partial charge in [-0.25, -0.2) is 4.98 Å². The first-order valence-corrected chi connectivity index (χ1v) is 8.95. The smallest absolute Gasteiger partial charge is 0.326 e. The van der Waals surface area contributed by atoms with Crippen molar-refractivity contribution >= 4 is 29.0 Å². The Morgan fingerprint density at radius 2 is 1.85 bits per heavy atom. The number of alkyl halides is 3. The van der Waals surface area contributed by atoms with Gasteiger partial charge in [0.2, 0.25) is 0 Å². The van der Waals surface area contributed by atoms with Crippen molar-refractivity contribution in [2.75, 3.05) is 4.90 Å². The summed E-state index contributed by atoms with van der Waals surface area (Å²) in [5.41, 5.74) is 0.0474. The lowest BCUT2D eigenvalue weighted by Crippen LogP contribution is -2.32. The average molecular weight is 389 g/mol. The number of amides is 1. The van der Waals surface area contributed by atoms with Crippen LogP contribution >= 0.6 is 11.8 Å². The predicted molar refractivity (Wildman–Crippen MR) is 96.1 cm³/mol. The zero-order valence-electron chi connectivity index (χ0n) is 14.2. The van der Waals surface area contributed by atoms with Crippen LogP contribution in [0, 0.1) is 6.92 Å². The number of anilines is 2. The van der Waals surface area contributed by atoms with Gasteiger partial charge in [0.15, 0.2) is 0 Å². The molecular weight excluding hydrogens is 375 g/mol. The minimum Gasteiger partial charge on any atom is -0.326 e. The van der Waals surface area contributed by atoms with Crippen molar-refractivity contribution in [3.8, 4) is 0 Å². The summed E-state index contributed by atoms with van der Waals surface area (Å²) in [6, 6.07) is 10.7. The number of hydrogen-bond acceptors (Lipinski definition) is 3. The Balaban J connectivity index is 1.82. The van der Waals surface area contributed by atoms with Crippen LogP contribution in [0.3, 0.4) is 0 Å². The van der Waals surface area contributed by atoms with Crippen molar-refractivity contribution in [2.45, 2.75) is 29.4 Å². The van der Waals surface area contributed by atoms with Gasteiger partial charge in [-0.2, -0.15) is 13.2 Å². The van der Waals surface area contributed by atoms with Crippen LogP contribution in [0.15, 0.2) is 64.6 Å². The van der Waals surface area contributed by atoms with E-state index in [2.05, 4.69) is 4.98 Å². The Morgan fingerprint density at radius 1 is 1.11 bits per heavy atom. The second-order valence-corrected chi connectivity index (χ2v) is 7.17. The van der Waals surface area contributed by atoms with Crippen molar-refractivity contribution in [2.24, 2.45) is 0 Å². The Kier molecular flexibility index (Phi) is 4.22. The second-order valence-electron chi connectivity index (χ2n) is 6.08. The van der Waals surface area contributed by atoms with E-state index in [1.165, 1.54) is 22.7 Å². The van der Waals surface area contributed by atoms with Gasteiger partial charge in [-0.05, 0) is 37.3 Å². The first-order chi connectivity index (χ1) is 12.8. The number of para-hydroxylation sites is 1. The van der Waals surface area contributed by atoms with Crippen LogP contribution in [0.1, 0.15) is 11.4 Å². The lowest BCUT2D eigenvalue weighted by atomic mass is 10.1. The van der Waals surface area contributed by atoms with Crippen LogP contribution in [0.4, 0.5) is 24.5 Å². The molecule has 0 saturated heterocycles. The fourth-order valence-corrected chi connectivity index (χ4v) is 4.03. The number of benzene rings is 2. The van der Waals surface area contributed by atoms with Crippen LogP contribution in [0.25, 0.3) is 0 Å². The highest BCUT2D eigenvalue weighted by molar-refractivity contribution is 7.99. The van der Waals surface area contributed by atoms with Crippen LogP contribution < -0.4 is 4.90 Å². The molecule has 0 saturated carbocycles. The van der Waals surface area contributed by atoms with Gasteiger partial charge in [0, 0.05) is 22.2 Å². The van der Waals surface area contributed by atoms with Gasteiger partial charge in [-0.15, -0.1) is 0 Å². The molecule has 0 radical (unpaired) electrons. The molecule has 3 aromatic rings. The zero-order chi connectivity index (χ0) is 19.2. The maximum atomic E-state index is 13.2. The number of nitrogens with zero attached hydrogens (tertiary/aromatic N) is 3. The molecule has 27 heavy (non-hydrogen) atoms. The van der Waals surface area contributed by atoms with Gasteiger partial charge in [-0.3, -0.25) is 9.69 Å². The molecule has 0 unspecified atom stereocenters. The van der Waals surface area contributed by atoms with E-state index >= 15 is 0 Å². The number of carbonyl (C=O) groups excluding carboxylic acids is 1. The summed E-state index contributed by atoms with van der Waals surface area (Å²) >= 11 is 1.35. The molecule has 0 bridgehead atoms. The van der Waals surface area contributed by atoms with Gasteiger partial charge >= 0.3 is 6.18 Å². The first-order valence-electron chi connectivity index (χ1n) is 8.13. The number of rotatable bonds is 2. The van der Waals surface area contributed by atoms with Crippen molar-refractivity contribution < 1.29 is 18.0 Å². The fraction of sp³-hybridized carbons (Fsp3) is 0.158. The number of fused-ring (bicyclic) bond motifs is 2. The summed E-state index contributed by atoms with van der Waals surface area (Å²) in [7, 11) is 0. The molecule has 4 nitrogen and oxygen atoms in total. The second kappa shape index (κ2) is 6.45. The third-order valence-electron chi connectivity index (χ3n) is 4.33. The molecule has 0 fully saturated rings. The SMILES string of the molecule is Cc1nccn1CC(=O)N1c2ccccc2Sc2ccc(C(F)(F)F)cc21. The molecule has 1 aromatic heterocycles. The summed E-state index contributed by atoms with van der Waals surface area (Å²) in [6.07, 6.45) is -1.23. The normalized spacial score (nSPS) is 13.3. The quantitative estimate of drug-likeness (QED) is 0.616. The predicted octanol–water partition coefficient (Wildman–Crippen LogP) is 5.04. The molecule has 0 N–H and O–H groups in total. The van der Waals surface area contributed by atoms with Gasteiger partial charge < -0.3 is 4.57 Å². The summed E-state index contributed by atoms with van der Waals surface area (Å²) in [6.45, 7) is 1.75. The topological polar surface area (TPSA) is 38.1 Å². The molecule has 1 aliphatic rings. The van der Waals surface area contributed by atoms with E-state index in [4.69, 9.17) is 0 Å². The van der Waals surface area contributed by atoms with E-state index in [1.807, 2.05) is 12.1 Å². The molecular formula is C19H14F3N3OS. The molecule has 1 aliphatic heterocycles. The number of hydrogen-bond donors (Lipinski definition) is 0. The molecule has 138 valence electrons. The van der Waals surface area contributed by atoms with Crippen molar-refractivity contribution in [3.05, 3.63) is 66.2 Å². The monoisotopic (exact) mass is 389 g/mol. The first kappa shape index (κ1) is 17.7. The van der Waals surface area contributed by atoms with Crippen LogP contribution in [-0.2, 0) is 17.5 Å². The molecule has 0 atom stereocenters. The number of aromatic nitrogens is 2. The van der Waals surface area contributed by atoms with Gasteiger partial charge in [-0.1, -0.05) is 23.9 Å². The number of carbonyl (C=O) groups is 1. The van der Waals surface area contributed by atoms with E-state index in [0.717, 1.165) is 17.0 Å². The molecule has 0 spiro atoms. The Hall–Kier alpha value is -2.74. The molecule has 4 rings (SSSR count). The third-order valence-corrected chi connectivity index (χ3v) is 5.46. The third kappa shape index (κ3) is 3.21. The maximum Gasteiger partial charge on any atom is 0.416 e. The van der Waals surface area contributed by atoms with Crippen molar-refractivity contribution in [1.82, 2.24) is 9.55 Å². The number of halogens is 3. The lowest BCUT2D eigenvalue weighted by molar-refractivity contribution is -0.137. The van der Waals surface area contributed by atoms with E-state index in [9.17, 15) is 18.0 Å². The van der Waals surface area contributed by atoms with Gasteiger partial charge in [0.1, 0.15) is 12.4 Å². The summed E-state index contributed by atoms with van der Waals surface area (Å²) in [5, 5.41) is 0. The highest BCUT2D eigenvalue weighted by Gasteiger charge is 2.34. The summed E-state index contributed by atoms with van der Waals surface area (Å²) in [5.74, 6) is 0.330.